The van der Waals surface area contributed by atoms with E-state index in [0.29, 0.717) is 5.75 Å². The fourth-order valence-corrected chi connectivity index (χ4v) is 2.36. The van der Waals surface area contributed by atoms with Crippen LogP contribution in [0.15, 0.2) is 22.0 Å². The second-order valence-electron chi connectivity index (χ2n) is 3.39. The van der Waals surface area contributed by atoms with Crippen LogP contribution in [0.25, 0.3) is 6.08 Å². The highest BCUT2D eigenvalue weighted by Crippen LogP contribution is 2.36. The molecule has 0 saturated carbocycles. The number of nitrogens with two attached hydrogens (primary N) is 1. The van der Waals surface area contributed by atoms with Gasteiger partial charge in [-0.1, -0.05) is 23.4 Å². The van der Waals surface area contributed by atoms with Gasteiger partial charge in [0, 0.05) is 11.1 Å². The summed E-state index contributed by atoms with van der Waals surface area (Å²) in [5.41, 5.74) is 6.21. The number of thioether (sulfide) groups is 1. The first kappa shape index (κ1) is 12.3. The summed E-state index contributed by atoms with van der Waals surface area (Å²) < 4.78 is 5.02. The molecule has 1 aromatic carbocycles. The van der Waals surface area contributed by atoms with E-state index in [1.165, 1.54) is 18.9 Å². The van der Waals surface area contributed by atoms with Crippen molar-refractivity contribution < 1.29 is 9.84 Å². The topological polar surface area (TPSA) is 67.8 Å². The number of aromatic hydroxyl groups is 1. The molecule has 0 radical (unpaired) electrons. The standard InChI is InChI=1S/C11H11ClN2O2S/c1-16-9-4-6(3-8(12)10(9)15)2-7-5-14-11(13)17-7/h2-5,11,15H,13H2,1H3/b7-2-. The fourth-order valence-electron chi connectivity index (χ4n) is 1.42. The molecule has 90 valence electrons. The molecule has 4 nitrogen and oxygen atoms in total. The molecule has 1 aliphatic heterocycles. The van der Waals surface area contributed by atoms with Crippen LogP contribution in [-0.2, 0) is 0 Å². The zero-order chi connectivity index (χ0) is 12.4. The van der Waals surface area contributed by atoms with E-state index >= 15 is 0 Å². The van der Waals surface area contributed by atoms with Crippen LogP contribution in [-0.4, -0.2) is 23.9 Å². The zero-order valence-corrected chi connectivity index (χ0v) is 10.6. The number of ether oxygens (including phenoxy) is 1. The molecule has 0 aromatic heterocycles. The number of phenols is 1. The van der Waals surface area contributed by atoms with Crippen molar-refractivity contribution in [1.82, 2.24) is 0 Å². The average Bonchev–Trinajstić information content (AvgIpc) is 2.69. The van der Waals surface area contributed by atoms with Crippen LogP contribution >= 0.6 is 23.4 Å². The van der Waals surface area contributed by atoms with Gasteiger partial charge in [0.05, 0.1) is 12.1 Å². The lowest BCUT2D eigenvalue weighted by Gasteiger charge is -2.06. The van der Waals surface area contributed by atoms with E-state index < -0.39 is 0 Å². The van der Waals surface area contributed by atoms with Gasteiger partial charge in [0.2, 0.25) is 0 Å². The summed E-state index contributed by atoms with van der Waals surface area (Å²) in [6, 6.07) is 3.36. The summed E-state index contributed by atoms with van der Waals surface area (Å²) >= 11 is 7.34. The van der Waals surface area contributed by atoms with Crippen molar-refractivity contribution in [2.24, 2.45) is 10.7 Å². The highest BCUT2D eigenvalue weighted by molar-refractivity contribution is 8.04. The van der Waals surface area contributed by atoms with Gasteiger partial charge < -0.3 is 15.6 Å². The Hall–Kier alpha value is -1.17. The molecule has 1 unspecified atom stereocenters. The van der Waals surface area contributed by atoms with E-state index in [4.69, 9.17) is 22.1 Å². The highest BCUT2D eigenvalue weighted by atomic mass is 35.5. The van der Waals surface area contributed by atoms with Gasteiger partial charge in [-0.3, -0.25) is 4.99 Å². The fraction of sp³-hybridized carbons (Fsp3) is 0.182. The molecule has 0 aliphatic carbocycles. The molecule has 1 aliphatic rings. The highest BCUT2D eigenvalue weighted by Gasteiger charge is 2.12. The summed E-state index contributed by atoms with van der Waals surface area (Å²) in [6.07, 6.45) is 3.59. The molecule has 3 N–H and O–H groups in total. The third-order valence-corrected chi connectivity index (χ3v) is 3.33. The van der Waals surface area contributed by atoms with Crippen molar-refractivity contribution in [3.63, 3.8) is 0 Å². The Bertz CT molecular complexity index is 502. The number of benzene rings is 1. The molecular weight excluding hydrogens is 260 g/mol. The molecule has 6 heteroatoms. The van der Waals surface area contributed by atoms with Crippen molar-refractivity contribution >= 4 is 35.7 Å². The van der Waals surface area contributed by atoms with Crippen LogP contribution in [0, 0.1) is 0 Å². The number of phenolic OH excluding ortho intramolecular Hbond substituents is 1. The molecular formula is C11H11ClN2O2S. The normalized spacial score (nSPS) is 21.1. The summed E-state index contributed by atoms with van der Waals surface area (Å²) in [7, 11) is 1.48. The monoisotopic (exact) mass is 270 g/mol. The van der Waals surface area contributed by atoms with Crippen LogP contribution in [0.1, 0.15) is 5.56 Å². The van der Waals surface area contributed by atoms with Gasteiger partial charge >= 0.3 is 0 Å². The van der Waals surface area contributed by atoms with Gasteiger partial charge in [-0.05, 0) is 23.8 Å². The number of halogens is 1. The number of aliphatic imine (C=N–C) groups is 1. The maximum atomic E-state index is 9.60. The lowest BCUT2D eigenvalue weighted by Crippen LogP contribution is -2.07. The lowest BCUT2D eigenvalue weighted by atomic mass is 10.2. The molecule has 0 amide bonds. The van der Waals surface area contributed by atoms with Crippen molar-refractivity contribution in [2.45, 2.75) is 5.50 Å². The Morgan fingerprint density at radius 2 is 2.35 bits per heavy atom. The van der Waals surface area contributed by atoms with E-state index in [2.05, 4.69) is 4.99 Å². The Balaban J connectivity index is 2.34. The number of allylic oxidation sites excluding steroid dienone is 1. The summed E-state index contributed by atoms with van der Waals surface area (Å²) in [5.74, 6) is 0.286. The molecule has 0 bridgehead atoms. The molecule has 1 heterocycles. The predicted octanol–water partition coefficient (Wildman–Crippen LogP) is 2.46. The summed E-state index contributed by atoms with van der Waals surface area (Å²) in [6.45, 7) is 0. The molecule has 0 saturated heterocycles. The Labute approximate surface area is 108 Å². The van der Waals surface area contributed by atoms with E-state index in [1.54, 1.807) is 18.3 Å². The van der Waals surface area contributed by atoms with E-state index in [1.807, 2.05) is 6.08 Å². The molecule has 0 fully saturated rings. The Morgan fingerprint density at radius 1 is 1.59 bits per heavy atom. The van der Waals surface area contributed by atoms with Gasteiger partial charge in [-0.15, -0.1) is 0 Å². The molecule has 2 rings (SSSR count). The van der Waals surface area contributed by atoms with E-state index in [9.17, 15) is 5.11 Å². The molecule has 1 aromatic rings. The molecule has 1 atom stereocenters. The third-order valence-electron chi connectivity index (χ3n) is 2.19. The van der Waals surface area contributed by atoms with E-state index in [-0.39, 0.29) is 16.3 Å². The van der Waals surface area contributed by atoms with Crippen LogP contribution in [0.5, 0.6) is 11.5 Å². The minimum Gasteiger partial charge on any atom is -0.503 e. The van der Waals surface area contributed by atoms with Crippen molar-refractivity contribution in [3.05, 3.63) is 27.6 Å². The van der Waals surface area contributed by atoms with Crippen LogP contribution in [0.4, 0.5) is 0 Å². The summed E-state index contributed by atoms with van der Waals surface area (Å²) in [4.78, 5) is 4.98. The second kappa shape index (κ2) is 5.00. The van der Waals surface area contributed by atoms with Gasteiger partial charge in [-0.25, -0.2) is 0 Å². The van der Waals surface area contributed by atoms with Gasteiger partial charge in [0.1, 0.15) is 5.50 Å². The van der Waals surface area contributed by atoms with Crippen LogP contribution < -0.4 is 10.5 Å². The number of hydrogen-bond donors (Lipinski definition) is 2. The first-order valence-electron chi connectivity index (χ1n) is 4.84. The second-order valence-corrected chi connectivity index (χ2v) is 4.98. The van der Waals surface area contributed by atoms with Gasteiger partial charge in [0.15, 0.2) is 11.5 Å². The molecule has 0 spiro atoms. The predicted molar refractivity (Wildman–Crippen MR) is 71.7 cm³/mol. The van der Waals surface area contributed by atoms with Crippen molar-refractivity contribution in [2.75, 3.05) is 7.11 Å². The minimum atomic E-state index is -0.240. The van der Waals surface area contributed by atoms with Gasteiger partial charge in [-0.2, -0.15) is 0 Å². The third kappa shape index (κ3) is 2.74. The van der Waals surface area contributed by atoms with Crippen LogP contribution in [0.3, 0.4) is 0 Å². The average molecular weight is 271 g/mol. The van der Waals surface area contributed by atoms with Crippen molar-refractivity contribution in [3.8, 4) is 11.5 Å². The first-order valence-corrected chi connectivity index (χ1v) is 6.09. The quantitative estimate of drug-likeness (QED) is 0.866. The largest absolute Gasteiger partial charge is 0.503 e. The smallest absolute Gasteiger partial charge is 0.176 e. The SMILES string of the molecule is COc1cc(/C=C2/C=NC(N)S2)cc(Cl)c1O. The first-order chi connectivity index (χ1) is 8.10. The van der Waals surface area contributed by atoms with Crippen LogP contribution in [0.2, 0.25) is 5.02 Å². The van der Waals surface area contributed by atoms with Crippen molar-refractivity contribution in [1.29, 1.82) is 0 Å². The number of nitrogens with zero attached hydrogens (tertiary/aromatic N) is 1. The number of hydrogen-bond acceptors (Lipinski definition) is 5. The van der Waals surface area contributed by atoms with Gasteiger partial charge in [0.25, 0.3) is 0 Å². The zero-order valence-electron chi connectivity index (χ0n) is 9.05. The van der Waals surface area contributed by atoms with E-state index in [0.717, 1.165) is 10.5 Å². The number of methoxy groups -OCH3 is 1. The minimum absolute atomic E-state index is 0.0549. The number of rotatable bonds is 2. The maximum Gasteiger partial charge on any atom is 0.176 e. The lowest BCUT2D eigenvalue weighted by molar-refractivity contribution is 0.373. The molecule has 17 heavy (non-hydrogen) atoms. The Morgan fingerprint density at radius 3 is 2.94 bits per heavy atom. The maximum absolute atomic E-state index is 9.60. The summed E-state index contributed by atoms with van der Waals surface area (Å²) in [5, 5.41) is 9.85. The Kier molecular flexibility index (Phi) is 3.61.